The molecular formula is C19H18ClN3O5. The minimum atomic E-state index is -0.571. The number of halogens is 1. The number of aromatic nitrogens is 1. The van der Waals surface area contributed by atoms with Gasteiger partial charge in [0.15, 0.2) is 5.76 Å². The topological polar surface area (TPSA) is 107 Å². The largest absolute Gasteiger partial charge is 0.486 e. The monoisotopic (exact) mass is 403 g/mol. The molecule has 0 radical (unpaired) electrons. The average molecular weight is 404 g/mol. The van der Waals surface area contributed by atoms with Crippen LogP contribution in [0.15, 0.2) is 51.4 Å². The number of aryl methyl sites for hydroxylation is 1. The van der Waals surface area contributed by atoms with E-state index in [4.69, 9.17) is 25.3 Å². The molecule has 0 bridgehead atoms. The van der Waals surface area contributed by atoms with E-state index in [1.165, 1.54) is 6.07 Å². The van der Waals surface area contributed by atoms with Gasteiger partial charge in [-0.05, 0) is 49.2 Å². The fraction of sp³-hybridized carbons (Fsp3) is 0.211. The van der Waals surface area contributed by atoms with E-state index in [0.29, 0.717) is 29.2 Å². The molecular weight excluding hydrogens is 386 g/mol. The Kier molecular flexibility index (Phi) is 6.33. The lowest BCUT2D eigenvalue weighted by Crippen LogP contribution is -2.41. The second-order valence-electron chi connectivity index (χ2n) is 5.89. The lowest BCUT2D eigenvalue weighted by molar-refractivity contribution is -0.121. The number of furan rings is 1. The number of benzene rings is 1. The van der Waals surface area contributed by atoms with Crippen LogP contribution in [0, 0.1) is 6.92 Å². The zero-order chi connectivity index (χ0) is 19.9. The van der Waals surface area contributed by atoms with Crippen molar-refractivity contribution in [3.05, 3.63) is 70.5 Å². The number of hydrogen-bond donors (Lipinski definition) is 2. The first-order valence-corrected chi connectivity index (χ1v) is 8.87. The normalized spacial score (nSPS) is 10.5. The maximum absolute atomic E-state index is 12.1. The number of carbonyl (C=O) groups is 2. The van der Waals surface area contributed by atoms with Crippen LogP contribution in [0.25, 0.3) is 0 Å². The third kappa shape index (κ3) is 5.14. The molecule has 2 aromatic heterocycles. The van der Waals surface area contributed by atoms with Crippen molar-refractivity contribution in [1.82, 2.24) is 16.0 Å². The maximum Gasteiger partial charge on any atom is 0.305 e. The van der Waals surface area contributed by atoms with E-state index in [1.807, 2.05) is 30.3 Å². The number of amides is 2. The fourth-order valence-electron chi connectivity index (χ4n) is 2.38. The summed E-state index contributed by atoms with van der Waals surface area (Å²) in [4.78, 5) is 24.0. The Hall–Kier alpha value is -3.26. The van der Waals surface area contributed by atoms with Gasteiger partial charge in [-0.25, -0.2) is 0 Å². The highest BCUT2D eigenvalue weighted by molar-refractivity contribution is 6.29. The maximum atomic E-state index is 12.1. The quantitative estimate of drug-likeness (QED) is 0.587. The first kappa shape index (κ1) is 19.5. The van der Waals surface area contributed by atoms with Gasteiger partial charge in [-0.1, -0.05) is 23.4 Å². The summed E-state index contributed by atoms with van der Waals surface area (Å²) in [5.41, 5.74) is 5.92. The van der Waals surface area contributed by atoms with Gasteiger partial charge in [-0.3, -0.25) is 20.4 Å². The average Bonchev–Trinajstić information content (AvgIpc) is 3.30. The molecule has 3 rings (SSSR count). The number of nitrogens with one attached hydrogen (secondary N) is 2. The lowest BCUT2D eigenvalue weighted by atomic mass is 10.1. The third-order valence-electron chi connectivity index (χ3n) is 3.86. The highest BCUT2D eigenvalue weighted by atomic mass is 35.5. The van der Waals surface area contributed by atoms with Crippen molar-refractivity contribution in [2.75, 3.05) is 0 Å². The van der Waals surface area contributed by atoms with Gasteiger partial charge in [0, 0.05) is 12.0 Å². The van der Waals surface area contributed by atoms with Crippen molar-refractivity contribution in [1.29, 1.82) is 0 Å². The van der Waals surface area contributed by atoms with Crippen molar-refractivity contribution in [2.45, 2.75) is 26.4 Å². The SMILES string of the molecule is Cc1noc(Cl)c1CCC(=O)NNC(=O)c1ccc(COc2ccccc2)o1. The van der Waals surface area contributed by atoms with Crippen LogP contribution in [0.2, 0.25) is 5.22 Å². The molecule has 1 aromatic carbocycles. The Morgan fingerprint density at radius 1 is 1.14 bits per heavy atom. The lowest BCUT2D eigenvalue weighted by Gasteiger charge is -2.06. The Balaban J connectivity index is 1.43. The van der Waals surface area contributed by atoms with Crippen LogP contribution in [0.4, 0.5) is 0 Å². The van der Waals surface area contributed by atoms with E-state index in [-0.39, 0.29) is 29.9 Å². The van der Waals surface area contributed by atoms with Crippen LogP contribution < -0.4 is 15.6 Å². The van der Waals surface area contributed by atoms with Crippen molar-refractivity contribution < 1.29 is 23.3 Å². The molecule has 0 saturated carbocycles. The Bertz CT molecular complexity index is 932. The summed E-state index contributed by atoms with van der Waals surface area (Å²) in [6.45, 7) is 1.92. The van der Waals surface area contributed by atoms with E-state index in [9.17, 15) is 9.59 Å². The van der Waals surface area contributed by atoms with Gasteiger partial charge in [0.25, 0.3) is 0 Å². The van der Waals surface area contributed by atoms with Crippen molar-refractivity contribution >= 4 is 23.4 Å². The molecule has 9 heteroatoms. The minimum absolute atomic E-state index is 0.0601. The van der Waals surface area contributed by atoms with E-state index >= 15 is 0 Å². The molecule has 2 amide bonds. The first-order valence-electron chi connectivity index (χ1n) is 8.49. The highest BCUT2D eigenvalue weighted by Crippen LogP contribution is 2.20. The number of hydrogen-bond acceptors (Lipinski definition) is 6. The molecule has 0 spiro atoms. The second-order valence-corrected chi connectivity index (χ2v) is 6.23. The summed E-state index contributed by atoms with van der Waals surface area (Å²) in [6.07, 6.45) is 0.452. The van der Waals surface area contributed by atoms with Crippen LogP contribution in [0.5, 0.6) is 5.75 Å². The number of hydrazine groups is 1. The minimum Gasteiger partial charge on any atom is -0.486 e. The van der Waals surface area contributed by atoms with Crippen LogP contribution in [0.1, 0.15) is 34.0 Å². The van der Waals surface area contributed by atoms with E-state index in [1.54, 1.807) is 13.0 Å². The molecule has 0 aliphatic rings. The summed E-state index contributed by atoms with van der Waals surface area (Å²) in [5.74, 6) is 0.283. The van der Waals surface area contributed by atoms with Crippen molar-refractivity contribution in [3.63, 3.8) is 0 Å². The molecule has 0 aliphatic carbocycles. The van der Waals surface area contributed by atoms with Gasteiger partial charge in [-0.15, -0.1) is 0 Å². The highest BCUT2D eigenvalue weighted by Gasteiger charge is 2.15. The number of ether oxygens (including phenoxy) is 1. The van der Waals surface area contributed by atoms with E-state index in [2.05, 4.69) is 16.0 Å². The summed E-state index contributed by atoms with van der Waals surface area (Å²) >= 11 is 5.85. The van der Waals surface area contributed by atoms with E-state index < -0.39 is 5.91 Å². The Labute approximate surface area is 165 Å². The summed E-state index contributed by atoms with van der Waals surface area (Å²) in [6, 6.07) is 12.4. The predicted molar refractivity (Wildman–Crippen MR) is 99.7 cm³/mol. The molecule has 8 nitrogen and oxygen atoms in total. The van der Waals surface area contributed by atoms with Gasteiger partial charge < -0.3 is 13.7 Å². The zero-order valence-electron chi connectivity index (χ0n) is 15.0. The molecule has 0 unspecified atom stereocenters. The number of nitrogens with zero attached hydrogens (tertiary/aromatic N) is 1. The summed E-state index contributed by atoms with van der Waals surface area (Å²) in [7, 11) is 0. The summed E-state index contributed by atoms with van der Waals surface area (Å²) in [5, 5.41) is 3.88. The number of carbonyl (C=O) groups excluding carboxylic acids is 2. The summed E-state index contributed by atoms with van der Waals surface area (Å²) < 4.78 is 15.8. The molecule has 2 heterocycles. The van der Waals surface area contributed by atoms with Gasteiger partial charge in [0.1, 0.15) is 18.1 Å². The Morgan fingerprint density at radius 3 is 2.64 bits per heavy atom. The molecule has 2 N–H and O–H groups in total. The van der Waals surface area contributed by atoms with Crippen LogP contribution in [-0.4, -0.2) is 17.0 Å². The standard InChI is InChI=1S/C19H18ClN3O5/c1-12-15(18(20)28-23-12)8-10-17(24)21-22-19(25)16-9-7-14(27-16)11-26-13-5-3-2-4-6-13/h2-7,9H,8,10-11H2,1H3,(H,21,24)(H,22,25). The second kappa shape index (κ2) is 9.09. The van der Waals surface area contributed by atoms with E-state index in [0.717, 1.165) is 0 Å². The predicted octanol–water partition coefficient (Wildman–Crippen LogP) is 3.20. The van der Waals surface area contributed by atoms with Crippen LogP contribution in [-0.2, 0) is 17.8 Å². The fourth-order valence-corrected chi connectivity index (χ4v) is 2.64. The third-order valence-corrected chi connectivity index (χ3v) is 4.16. The molecule has 0 fully saturated rings. The van der Waals surface area contributed by atoms with Crippen molar-refractivity contribution in [2.24, 2.45) is 0 Å². The number of rotatable bonds is 7. The van der Waals surface area contributed by atoms with Crippen LogP contribution >= 0.6 is 11.6 Å². The molecule has 0 atom stereocenters. The van der Waals surface area contributed by atoms with Crippen LogP contribution in [0.3, 0.4) is 0 Å². The van der Waals surface area contributed by atoms with Gasteiger partial charge >= 0.3 is 5.91 Å². The molecule has 146 valence electrons. The number of para-hydroxylation sites is 1. The van der Waals surface area contributed by atoms with Gasteiger partial charge in [0.2, 0.25) is 11.1 Å². The van der Waals surface area contributed by atoms with Gasteiger partial charge in [-0.2, -0.15) is 0 Å². The first-order chi connectivity index (χ1) is 13.5. The zero-order valence-corrected chi connectivity index (χ0v) is 15.8. The van der Waals surface area contributed by atoms with Crippen molar-refractivity contribution in [3.8, 4) is 5.75 Å². The molecule has 3 aromatic rings. The molecule has 28 heavy (non-hydrogen) atoms. The molecule has 0 aliphatic heterocycles. The molecule has 0 saturated heterocycles. The Morgan fingerprint density at radius 2 is 1.93 bits per heavy atom. The smallest absolute Gasteiger partial charge is 0.305 e. The van der Waals surface area contributed by atoms with Gasteiger partial charge in [0.05, 0.1) is 5.69 Å².